The Kier molecular flexibility index (Phi) is 5.95. The second-order valence-corrected chi connectivity index (χ2v) is 9.55. The minimum absolute atomic E-state index is 0.119. The predicted molar refractivity (Wildman–Crippen MR) is 106 cm³/mol. The van der Waals surface area contributed by atoms with Gasteiger partial charge in [-0.25, -0.2) is 8.42 Å². The summed E-state index contributed by atoms with van der Waals surface area (Å²) >= 11 is 0. The van der Waals surface area contributed by atoms with Crippen molar-refractivity contribution in [1.29, 1.82) is 0 Å². The van der Waals surface area contributed by atoms with E-state index in [1.54, 1.807) is 0 Å². The van der Waals surface area contributed by atoms with Crippen LogP contribution in [0, 0.1) is 0 Å². The lowest BCUT2D eigenvalue weighted by atomic mass is 10.2. The van der Waals surface area contributed by atoms with E-state index >= 15 is 0 Å². The smallest absolute Gasteiger partial charge is 0.282 e. The van der Waals surface area contributed by atoms with Gasteiger partial charge in [-0.05, 0) is 29.3 Å². The third-order valence-corrected chi connectivity index (χ3v) is 6.78. The van der Waals surface area contributed by atoms with Crippen molar-refractivity contribution in [2.45, 2.75) is 22.9 Å². The Morgan fingerprint density at radius 1 is 0.643 bits per heavy atom. The van der Waals surface area contributed by atoms with Gasteiger partial charge in [0, 0.05) is 13.1 Å². The highest BCUT2D eigenvalue weighted by Gasteiger charge is 2.26. The molecule has 0 spiro atoms. The Bertz CT molecular complexity index is 1100. The van der Waals surface area contributed by atoms with Gasteiger partial charge in [0.05, 0.1) is 9.79 Å². The third-order valence-electron chi connectivity index (χ3n) is 4.14. The molecule has 0 radical (unpaired) electrons. The van der Waals surface area contributed by atoms with Gasteiger partial charge >= 0.3 is 0 Å². The van der Waals surface area contributed by atoms with Gasteiger partial charge in [0.15, 0.2) is 0 Å². The summed E-state index contributed by atoms with van der Waals surface area (Å²) in [5, 5.41) is 0. The molecule has 0 bridgehead atoms. The van der Waals surface area contributed by atoms with Crippen LogP contribution in [0.2, 0.25) is 0 Å². The molecule has 0 unspecified atom stereocenters. The van der Waals surface area contributed by atoms with Crippen LogP contribution >= 0.6 is 0 Å². The Morgan fingerprint density at radius 2 is 1.11 bits per heavy atom. The summed E-state index contributed by atoms with van der Waals surface area (Å²) in [4.78, 5) is -0.664. The molecule has 0 aliphatic heterocycles. The van der Waals surface area contributed by atoms with E-state index in [1.807, 2.05) is 60.7 Å². The molecule has 0 aliphatic carbocycles. The molecular formula is C20H19NO5S2. The van der Waals surface area contributed by atoms with E-state index in [2.05, 4.69) is 0 Å². The van der Waals surface area contributed by atoms with Crippen LogP contribution in [-0.4, -0.2) is 25.7 Å². The first-order valence-electron chi connectivity index (χ1n) is 8.42. The second-order valence-electron chi connectivity index (χ2n) is 6.19. The fourth-order valence-electron chi connectivity index (χ4n) is 2.74. The molecule has 0 aliphatic rings. The van der Waals surface area contributed by atoms with Gasteiger partial charge in [0.25, 0.3) is 10.1 Å². The highest BCUT2D eigenvalue weighted by Crippen LogP contribution is 2.23. The van der Waals surface area contributed by atoms with Crippen molar-refractivity contribution in [3.63, 3.8) is 0 Å². The van der Waals surface area contributed by atoms with Gasteiger partial charge in [-0.3, -0.25) is 4.55 Å². The fraction of sp³-hybridized carbons (Fsp3) is 0.100. The molecule has 3 aromatic carbocycles. The number of nitrogens with zero attached hydrogens (tertiary/aromatic N) is 1. The van der Waals surface area contributed by atoms with Gasteiger partial charge in [-0.15, -0.1) is 0 Å². The fourth-order valence-corrected chi connectivity index (χ4v) is 4.81. The zero-order valence-corrected chi connectivity index (χ0v) is 16.5. The molecule has 8 heteroatoms. The van der Waals surface area contributed by atoms with Crippen LogP contribution in [0.1, 0.15) is 11.1 Å². The van der Waals surface area contributed by atoms with Crippen LogP contribution in [0.3, 0.4) is 0 Å². The summed E-state index contributed by atoms with van der Waals surface area (Å²) in [7, 11) is -8.53. The van der Waals surface area contributed by atoms with Crippen molar-refractivity contribution in [1.82, 2.24) is 4.31 Å². The topological polar surface area (TPSA) is 91.7 Å². The van der Waals surface area contributed by atoms with E-state index < -0.39 is 25.0 Å². The summed E-state index contributed by atoms with van der Waals surface area (Å²) in [6.07, 6.45) is 0. The molecule has 0 amide bonds. The lowest BCUT2D eigenvalue weighted by molar-refractivity contribution is 0.401. The minimum atomic E-state index is -4.51. The van der Waals surface area contributed by atoms with Crippen molar-refractivity contribution < 1.29 is 21.4 Å². The van der Waals surface area contributed by atoms with Gasteiger partial charge in [-0.2, -0.15) is 12.7 Å². The molecule has 0 fully saturated rings. The molecule has 0 heterocycles. The van der Waals surface area contributed by atoms with Gasteiger partial charge < -0.3 is 0 Å². The number of rotatable bonds is 7. The normalized spacial score (nSPS) is 12.2. The van der Waals surface area contributed by atoms with Crippen LogP contribution in [0.4, 0.5) is 0 Å². The summed E-state index contributed by atoms with van der Waals surface area (Å²) in [5.74, 6) is 0. The molecule has 0 atom stereocenters. The van der Waals surface area contributed by atoms with Crippen molar-refractivity contribution in [3.8, 4) is 0 Å². The molecule has 146 valence electrons. The Balaban J connectivity index is 2.02. The van der Waals surface area contributed by atoms with Crippen LogP contribution in [0.5, 0.6) is 0 Å². The van der Waals surface area contributed by atoms with Crippen LogP contribution in [0.15, 0.2) is 94.7 Å². The first-order valence-corrected chi connectivity index (χ1v) is 11.3. The lowest BCUT2D eigenvalue weighted by Gasteiger charge is -2.23. The molecule has 1 N–H and O–H groups in total. The first kappa shape index (κ1) is 20.2. The number of hydrogen-bond donors (Lipinski definition) is 1. The molecule has 0 saturated carbocycles. The van der Waals surface area contributed by atoms with Crippen LogP contribution in [-0.2, 0) is 33.2 Å². The minimum Gasteiger partial charge on any atom is -0.282 e. The van der Waals surface area contributed by atoms with E-state index in [0.717, 1.165) is 23.3 Å². The van der Waals surface area contributed by atoms with Crippen LogP contribution < -0.4 is 0 Å². The predicted octanol–water partition coefficient (Wildman–Crippen LogP) is 3.32. The van der Waals surface area contributed by atoms with E-state index in [-0.39, 0.29) is 18.0 Å². The molecule has 0 aromatic heterocycles. The SMILES string of the molecule is O=S(=O)(O)c1cccc(S(=O)(=O)N(Cc2ccccc2)Cc2ccccc2)c1. The maximum atomic E-state index is 13.3. The van der Waals surface area contributed by atoms with E-state index in [0.29, 0.717) is 0 Å². The molecule has 3 aromatic rings. The first-order chi connectivity index (χ1) is 13.3. The zero-order chi connectivity index (χ0) is 20.2. The largest absolute Gasteiger partial charge is 0.294 e. The maximum Gasteiger partial charge on any atom is 0.294 e. The monoisotopic (exact) mass is 417 g/mol. The van der Waals surface area contributed by atoms with Gasteiger partial charge in [0.1, 0.15) is 0 Å². The Morgan fingerprint density at radius 3 is 1.57 bits per heavy atom. The molecule has 0 saturated heterocycles. The Hall–Kier alpha value is -2.52. The molecule has 3 rings (SSSR count). The quantitative estimate of drug-likeness (QED) is 0.596. The Labute approximate surface area is 164 Å². The highest BCUT2D eigenvalue weighted by atomic mass is 32.2. The average Bonchev–Trinajstić information content (AvgIpc) is 2.68. The number of benzene rings is 3. The molecule has 6 nitrogen and oxygen atoms in total. The van der Waals surface area contributed by atoms with Crippen molar-refractivity contribution in [2.75, 3.05) is 0 Å². The van der Waals surface area contributed by atoms with Gasteiger partial charge in [-0.1, -0.05) is 66.7 Å². The van der Waals surface area contributed by atoms with Gasteiger partial charge in [0.2, 0.25) is 10.0 Å². The maximum absolute atomic E-state index is 13.3. The summed E-state index contributed by atoms with van der Waals surface area (Å²) in [6.45, 7) is 0.238. The highest BCUT2D eigenvalue weighted by molar-refractivity contribution is 7.89. The number of hydrogen-bond acceptors (Lipinski definition) is 4. The van der Waals surface area contributed by atoms with E-state index in [1.165, 1.54) is 16.4 Å². The molecular weight excluding hydrogens is 398 g/mol. The lowest BCUT2D eigenvalue weighted by Crippen LogP contribution is -2.30. The summed E-state index contributed by atoms with van der Waals surface area (Å²) in [6, 6.07) is 23.0. The van der Waals surface area contributed by atoms with Crippen molar-refractivity contribution in [3.05, 3.63) is 96.1 Å². The third kappa shape index (κ3) is 4.85. The van der Waals surface area contributed by atoms with Crippen molar-refractivity contribution >= 4 is 20.1 Å². The summed E-state index contributed by atoms with van der Waals surface area (Å²) < 4.78 is 59.9. The van der Waals surface area contributed by atoms with E-state index in [4.69, 9.17) is 0 Å². The number of sulfonamides is 1. The van der Waals surface area contributed by atoms with Crippen molar-refractivity contribution in [2.24, 2.45) is 0 Å². The zero-order valence-electron chi connectivity index (χ0n) is 14.8. The standard InChI is InChI=1S/C20H19NO5S2/c22-27(23,19-12-7-13-20(14-19)28(24,25)26)21(15-17-8-3-1-4-9-17)16-18-10-5-2-6-11-18/h1-14H,15-16H2,(H,24,25,26). The van der Waals surface area contributed by atoms with E-state index in [9.17, 15) is 21.4 Å². The van der Waals surface area contributed by atoms with Crippen LogP contribution in [0.25, 0.3) is 0 Å². The summed E-state index contributed by atoms with van der Waals surface area (Å²) in [5.41, 5.74) is 1.60. The molecule has 28 heavy (non-hydrogen) atoms. The second kappa shape index (κ2) is 8.24. The average molecular weight is 418 g/mol.